The number of hydrogen-bond donors (Lipinski definition) is 2. The van der Waals surface area contributed by atoms with Crippen molar-refractivity contribution in [2.24, 2.45) is 5.41 Å². The van der Waals surface area contributed by atoms with Crippen molar-refractivity contribution in [3.8, 4) is 0 Å². The Labute approximate surface area is 153 Å². The number of nitrogens with zero attached hydrogens (tertiary/aromatic N) is 1. The molecule has 1 amide bonds. The smallest absolute Gasteiger partial charge is 0.227 e. The van der Waals surface area contributed by atoms with Gasteiger partial charge < -0.3 is 10.4 Å². The predicted molar refractivity (Wildman–Crippen MR) is 98.7 cm³/mol. The zero-order valence-corrected chi connectivity index (χ0v) is 14.8. The van der Waals surface area contributed by atoms with Gasteiger partial charge in [-0.25, -0.2) is 4.39 Å². The number of aliphatic hydroxyl groups excluding tert-OH is 1. The average Bonchev–Trinajstić information content (AvgIpc) is 3.06. The Hall–Kier alpha value is -2.24. The molecule has 26 heavy (non-hydrogen) atoms. The molecule has 5 heteroatoms. The lowest BCUT2D eigenvalue weighted by Gasteiger charge is -2.28. The molecule has 4 nitrogen and oxygen atoms in total. The van der Waals surface area contributed by atoms with Gasteiger partial charge in [0, 0.05) is 26.2 Å². The van der Waals surface area contributed by atoms with Crippen LogP contribution in [0, 0.1) is 11.2 Å². The Morgan fingerprint density at radius 2 is 1.85 bits per heavy atom. The molecular weight excluding hydrogens is 331 g/mol. The molecule has 3 rings (SSSR count). The standard InChI is InChI=1S/C21H25FN2O2/c22-19-8-6-17(7-9-19)14-23-20(26)21(11-13-25)10-12-24(16-21)15-18-4-2-1-3-5-18/h1-9,25H,10-16H2,(H,23,26). The minimum absolute atomic E-state index is 0.0108. The van der Waals surface area contributed by atoms with Crippen LogP contribution >= 0.6 is 0 Å². The van der Waals surface area contributed by atoms with Crippen LogP contribution in [0.15, 0.2) is 54.6 Å². The molecule has 0 radical (unpaired) electrons. The molecule has 1 heterocycles. The molecule has 0 aromatic heterocycles. The zero-order valence-electron chi connectivity index (χ0n) is 14.8. The number of carbonyl (C=O) groups excluding carboxylic acids is 1. The fourth-order valence-corrected chi connectivity index (χ4v) is 3.62. The normalized spacial score (nSPS) is 20.2. The maximum absolute atomic E-state index is 13.0. The molecule has 0 bridgehead atoms. The molecule has 0 saturated carbocycles. The highest BCUT2D eigenvalue weighted by atomic mass is 19.1. The van der Waals surface area contributed by atoms with Gasteiger partial charge in [-0.2, -0.15) is 0 Å². The van der Waals surface area contributed by atoms with Gasteiger partial charge in [0.05, 0.1) is 5.41 Å². The first kappa shape index (κ1) is 18.5. The molecule has 0 spiro atoms. The summed E-state index contributed by atoms with van der Waals surface area (Å²) in [5.74, 6) is -0.324. The largest absolute Gasteiger partial charge is 0.396 e. The van der Waals surface area contributed by atoms with Gasteiger partial charge in [-0.15, -0.1) is 0 Å². The molecular formula is C21H25FN2O2. The van der Waals surface area contributed by atoms with Gasteiger partial charge in [-0.05, 0) is 42.6 Å². The second-order valence-electron chi connectivity index (χ2n) is 7.01. The lowest BCUT2D eigenvalue weighted by molar-refractivity contribution is -0.131. The maximum Gasteiger partial charge on any atom is 0.227 e. The Morgan fingerprint density at radius 1 is 1.12 bits per heavy atom. The number of carbonyl (C=O) groups is 1. The first-order valence-corrected chi connectivity index (χ1v) is 9.01. The van der Waals surface area contributed by atoms with E-state index in [0.717, 1.165) is 25.1 Å². The topological polar surface area (TPSA) is 52.6 Å². The molecule has 2 aromatic rings. The summed E-state index contributed by atoms with van der Waals surface area (Å²) in [5, 5.41) is 12.5. The molecule has 1 aliphatic heterocycles. The highest BCUT2D eigenvalue weighted by molar-refractivity contribution is 5.83. The van der Waals surface area contributed by atoms with Crippen LogP contribution in [0.25, 0.3) is 0 Å². The molecule has 0 aliphatic carbocycles. The fourth-order valence-electron chi connectivity index (χ4n) is 3.62. The van der Waals surface area contributed by atoms with Crippen molar-refractivity contribution in [2.45, 2.75) is 25.9 Å². The Balaban J connectivity index is 1.61. The van der Waals surface area contributed by atoms with Crippen LogP contribution in [0.4, 0.5) is 4.39 Å². The van der Waals surface area contributed by atoms with Gasteiger partial charge in [0.2, 0.25) is 5.91 Å². The number of nitrogens with one attached hydrogen (secondary N) is 1. The minimum Gasteiger partial charge on any atom is -0.396 e. The van der Waals surface area contributed by atoms with Crippen molar-refractivity contribution < 1.29 is 14.3 Å². The summed E-state index contributed by atoms with van der Waals surface area (Å²) in [6, 6.07) is 16.3. The molecule has 1 aliphatic rings. The number of halogens is 1. The van der Waals surface area contributed by atoms with Crippen LogP contribution in [0.1, 0.15) is 24.0 Å². The van der Waals surface area contributed by atoms with Crippen LogP contribution in [0.5, 0.6) is 0 Å². The zero-order chi connectivity index (χ0) is 18.4. The van der Waals surface area contributed by atoms with Crippen molar-refractivity contribution in [2.75, 3.05) is 19.7 Å². The van der Waals surface area contributed by atoms with Crippen LogP contribution in [0.2, 0.25) is 0 Å². The lowest BCUT2D eigenvalue weighted by Crippen LogP contribution is -2.43. The average molecular weight is 356 g/mol. The quantitative estimate of drug-likeness (QED) is 0.802. The third kappa shape index (κ3) is 4.48. The monoisotopic (exact) mass is 356 g/mol. The third-order valence-corrected chi connectivity index (χ3v) is 5.12. The predicted octanol–water partition coefficient (Wildman–Crippen LogP) is 2.72. The number of amides is 1. The Morgan fingerprint density at radius 3 is 2.54 bits per heavy atom. The number of likely N-dealkylation sites (tertiary alicyclic amines) is 1. The van der Waals surface area contributed by atoms with Crippen molar-refractivity contribution in [1.82, 2.24) is 10.2 Å². The highest BCUT2D eigenvalue weighted by Gasteiger charge is 2.43. The van der Waals surface area contributed by atoms with E-state index in [0.29, 0.717) is 19.5 Å². The van der Waals surface area contributed by atoms with E-state index in [2.05, 4.69) is 22.3 Å². The number of benzene rings is 2. The van der Waals surface area contributed by atoms with Crippen LogP contribution in [-0.2, 0) is 17.9 Å². The van der Waals surface area contributed by atoms with E-state index < -0.39 is 5.41 Å². The van der Waals surface area contributed by atoms with Gasteiger partial charge in [-0.1, -0.05) is 42.5 Å². The van der Waals surface area contributed by atoms with Crippen molar-refractivity contribution in [3.05, 3.63) is 71.5 Å². The summed E-state index contributed by atoms with van der Waals surface area (Å²) in [6.07, 6.45) is 1.18. The maximum atomic E-state index is 13.0. The number of aliphatic hydroxyl groups is 1. The van der Waals surface area contributed by atoms with Gasteiger partial charge in [0.25, 0.3) is 0 Å². The van der Waals surface area contributed by atoms with E-state index in [9.17, 15) is 14.3 Å². The molecule has 1 fully saturated rings. The van der Waals surface area contributed by atoms with E-state index in [-0.39, 0.29) is 18.3 Å². The van der Waals surface area contributed by atoms with Gasteiger partial charge in [0.1, 0.15) is 5.82 Å². The van der Waals surface area contributed by atoms with Crippen LogP contribution < -0.4 is 5.32 Å². The minimum atomic E-state index is -0.566. The summed E-state index contributed by atoms with van der Waals surface area (Å²) in [7, 11) is 0. The van der Waals surface area contributed by atoms with E-state index in [4.69, 9.17) is 0 Å². The van der Waals surface area contributed by atoms with E-state index in [1.54, 1.807) is 12.1 Å². The summed E-state index contributed by atoms with van der Waals surface area (Å²) in [4.78, 5) is 15.1. The summed E-state index contributed by atoms with van der Waals surface area (Å²) < 4.78 is 13.0. The Kier molecular flexibility index (Phi) is 6.01. The number of rotatable bonds is 7. The van der Waals surface area contributed by atoms with Gasteiger partial charge in [-0.3, -0.25) is 9.69 Å². The van der Waals surface area contributed by atoms with Crippen molar-refractivity contribution in [1.29, 1.82) is 0 Å². The third-order valence-electron chi connectivity index (χ3n) is 5.12. The molecule has 2 aromatic carbocycles. The van der Waals surface area contributed by atoms with Crippen LogP contribution in [-0.4, -0.2) is 35.6 Å². The van der Waals surface area contributed by atoms with E-state index in [1.165, 1.54) is 17.7 Å². The summed E-state index contributed by atoms with van der Waals surface area (Å²) in [6.45, 7) is 2.63. The van der Waals surface area contributed by atoms with Gasteiger partial charge >= 0.3 is 0 Å². The first-order valence-electron chi connectivity index (χ1n) is 9.01. The lowest BCUT2D eigenvalue weighted by atomic mass is 9.82. The van der Waals surface area contributed by atoms with E-state index >= 15 is 0 Å². The van der Waals surface area contributed by atoms with Gasteiger partial charge in [0.15, 0.2) is 0 Å². The van der Waals surface area contributed by atoms with Crippen molar-refractivity contribution in [3.63, 3.8) is 0 Å². The number of hydrogen-bond acceptors (Lipinski definition) is 3. The second-order valence-corrected chi connectivity index (χ2v) is 7.01. The molecule has 2 N–H and O–H groups in total. The van der Waals surface area contributed by atoms with Crippen LogP contribution in [0.3, 0.4) is 0 Å². The SMILES string of the molecule is O=C(NCc1ccc(F)cc1)C1(CCO)CCN(Cc2ccccc2)C1. The first-order chi connectivity index (χ1) is 12.6. The molecule has 1 saturated heterocycles. The fraction of sp³-hybridized carbons (Fsp3) is 0.381. The highest BCUT2D eigenvalue weighted by Crippen LogP contribution is 2.35. The summed E-state index contributed by atoms with van der Waals surface area (Å²) in [5.41, 5.74) is 1.51. The second kappa shape index (κ2) is 8.43. The Bertz CT molecular complexity index is 721. The molecule has 1 unspecified atom stereocenters. The van der Waals surface area contributed by atoms with E-state index in [1.807, 2.05) is 18.2 Å². The molecule has 1 atom stereocenters. The molecule has 138 valence electrons. The summed E-state index contributed by atoms with van der Waals surface area (Å²) >= 11 is 0. The van der Waals surface area contributed by atoms with Crippen molar-refractivity contribution >= 4 is 5.91 Å².